The minimum atomic E-state index is 0.611. The zero-order chi connectivity index (χ0) is 13.9. The molecule has 104 valence electrons. The van der Waals surface area contributed by atoms with Gasteiger partial charge in [0.25, 0.3) is 0 Å². The Morgan fingerprint density at radius 1 is 1.35 bits per heavy atom. The summed E-state index contributed by atoms with van der Waals surface area (Å²) in [4.78, 5) is 11.3. The van der Waals surface area contributed by atoms with Gasteiger partial charge in [0.1, 0.15) is 16.4 Å². The van der Waals surface area contributed by atoms with Crippen molar-refractivity contribution in [2.24, 2.45) is 0 Å². The molecule has 3 heterocycles. The molecule has 0 unspecified atom stereocenters. The maximum Gasteiger partial charge on any atom is 0.225 e. The molecule has 0 saturated carbocycles. The third-order valence-electron chi connectivity index (χ3n) is 3.03. The van der Waals surface area contributed by atoms with Gasteiger partial charge in [-0.3, -0.25) is 0 Å². The van der Waals surface area contributed by atoms with Crippen molar-refractivity contribution in [2.45, 2.75) is 19.9 Å². The fraction of sp³-hybridized carbons (Fsp3) is 0.286. The van der Waals surface area contributed by atoms with Crippen LogP contribution in [0.25, 0.3) is 10.2 Å². The van der Waals surface area contributed by atoms with Gasteiger partial charge in [-0.25, -0.2) is 4.98 Å². The molecule has 6 heteroatoms. The second kappa shape index (κ2) is 5.50. The molecular formula is C14H16N4OS. The van der Waals surface area contributed by atoms with Crippen molar-refractivity contribution in [3.63, 3.8) is 0 Å². The second-order valence-electron chi connectivity index (χ2n) is 4.36. The molecule has 0 fully saturated rings. The van der Waals surface area contributed by atoms with Gasteiger partial charge in [0.2, 0.25) is 5.95 Å². The number of nitrogens with one attached hydrogen (secondary N) is 2. The average Bonchev–Trinajstić information content (AvgIpc) is 3.12. The number of hydrogen-bond donors (Lipinski definition) is 2. The normalized spacial score (nSPS) is 10.9. The molecule has 3 rings (SSSR count). The topological polar surface area (TPSA) is 63.0 Å². The van der Waals surface area contributed by atoms with E-state index >= 15 is 0 Å². The fourth-order valence-corrected chi connectivity index (χ4v) is 2.94. The van der Waals surface area contributed by atoms with Gasteiger partial charge >= 0.3 is 0 Å². The van der Waals surface area contributed by atoms with Crippen molar-refractivity contribution < 1.29 is 4.42 Å². The summed E-state index contributed by atoms with van der Waals surface area (Å²) in [5, 5.41) is 7.39. The largest absolute Gasteiger partial charge is 0.467 e. The van der Waals surface area contributed by atoms with Crippen LogP contribution in [0.3, 0.4) is 0 Å². The molecule has 0 spiro atoms. The van der Waals surface area contributed by atoms with Crippen molar-refractivity contribution >= 4 is 33.3 Å². The summed E-state index contributed by atoms with van der Waals surface area (Å²) in [6.07, 6.45) is 2.68. The van der Waals surface area contributed by atoms with Crippen LogP contribution in [0.5, 0.6) is 0 Å². The number of hydrogen-bond acceptors (Lipinski definition) is 6. The maximum atomic E-state index is 5.33. The van der Waals surface area contributed by atoms with E-state index in [0.717, 1.165) is 28.2 Å². The molecule has 0 saturated heterocycles. The molecule has 0 aliphatic rings. The highest BCUT2D eigenvalue weighted by Crippen LogP contribution is 2.30. The lowest BCUT2D eigenvalue weighted by atomic mass is 10.3. The number of nitrogens with zero attached hydrogens (tertiary/aromatic N) is 2. The van der Waals surface area contributed by atoms with E-state index in [4.69, 9.17) is 4.42 Å². The Balaban J connectivity index is 1.96. The van der Waals surface area contributed by atoms with E-state index in [1.54, 1.807) is 17.6 Å². The monoisotopic (exact) mass is 288 g/mol. The van der Waals surface area contributed by atoms with Crippen LogP contribution in [0.1, 0.15) is 17.6 Å². The average molecular weight is 288 g/mol. The van der Waals surface area contributed by atoms with Crippen molar-refractivity contribution in [3.8, 4) is 0 Å². The number of fused-ring (bicyclic) bond motifs is 1. The minimum absolute atomic E-state index is 0.611. The highest BCUT2D eigenvalue weighted by Gasteiger charge is 2.11. The van der Waals surface area contributed by atoms with Gasteiger partial charge in [-0.1, -0.05) is 6.92 Å². The number of furan rings is 1. The van der Waals surface area contributed by atoms with Gasteiger partial charge < -0.3 is 15.1 Å². The second-order valence-corrected chi connectivity index (χ2v) is 5.48. The molecule has 0 amide bonds. The number of aryl methyl sites for hydroxylation is 1. The molecule has 0 aromatic carbocycles. The van der Waals surface area contributed by atoms with Gasteiger partial charge in [0.05, 0.1) is 18.2 Å². The van der Waals surface area contributed by atoms with Crippen molar-refractivity contribution in [3.05, 3.63) is 35.1 Å². The first kappa shape index (κ1) is 12.9. The Hall–Kier alpha value is -2.08. The van der Waals surface area contributed by atoms with Gasteiger partial charge in [-0.2, -0.15) is 4.98 Å². The smallest absolute Gasteiger partial charge is 0.225 e. The Bertz CT molecular complexity index is 705. The molecule has 3 aromatic heterocycles. The Labute approximate surface area is 121 Å². The standard InChI is InChI=1S/C14H16N4OS/c1-3-10-7-11-12(16-8-9-5-4-6-19-9)17-14(15-2)18-13(11)20-10/h4-7H,3,8H2,1-2H3,(H2,15,16,17,18). The molecule has 20 heavy (non-hydrogen) atoms. The fourth-order valence-electron chi connectivity index (χ4n) is 1.98. The highest BCUT2D eigenvalue weighted by atomic mass is 32.1. The third kappa shape index (κ3) is 2.46. The molecule has 2 N–H and O–H groups in total. The van der Waals surface area contributed by atoms with E-state index in [2.05, 4.69) is 33.6 Å². The van der Waals surface area contributed by atoms with Crippen molar-refractivity contribution in [2.75, 3.05) is 17.7 Å². The predicted octanol–water partition coefficient (Wildman–Crippen LogP) is 3.50. The number of anilines is 2. The van der Waals surface area contributed by atoms with E-state index in [1.165, 1.54) is 4.88 Å². The van der Waals surface area contributed by atoms with E-state index < -0.39 is 0 Å². The molecule has 0 atom stereocenters. The first-order chi connectivity index (χ1) is 9.80. The van der Waals surface area contributed by atoms with Gasteiger partial charge in [0.15, 0.2) is 0 Å². The van der Waals surface area contributed by atoms with Gasteiger partial charge in [0, 0.05) is 11.9 Å². The van der Waals surface area contributed by atoms with E-state index in [0.29, 0.717) is 12.5 Å². The first-order valence-electron chi connectivity index (χ1n) is 6.54. The van der Waals surface area contributed by atoms with Crippen LogP contribution in [0.15, 0.2) is 28.9 Å². The van der Waals surface area contributed by atoms with E-state index in [-0.39, 0.29) is 0 Å². The van der Waals surface area contributed by atoms with Crippen molar-refractivity contribution in [1.82, 2.24) is 9.97 Å². The SMILES string of the molecule is CCc1cc2c(NCc3ccco3)nc(NC)nc2s1. The van der Waals surface area contributed by atoms with Gasteiger partial charge in [-0.05, 0) is 24.6 Å². The van der Waals surface area contributed by atoms with Crippen LogP contribution in [-0.2, 0) is 13.0 Å². The third-order valence-corrected chi connectivity index (χ3v) is 4.20. The molecule has 0 bridgehead atoms. The summed E-state index contributed by atoms with van der Waals surface area (Å²) in [5.41, 5.74) is 0. The molecule has 0 aliphatic heterocycles. The lowest BCUT2D eigenvalue weighted by Gasteiger charge is -2.07. The zero-order valence-corrected chi connectivity index (χ0v) is 12.3. The van der Waals surface area contributed by atoms with Crippen LogP contribution in [0, 0.1) is 0 Å². The number of rotatable bonds is 5. The summed E-state index contributed by atoms with van der Waals surface area (Å²) in [5.74, 6) is 2.35. The quantitative estimate of drug-likeness (QED) is 0.752. The summed E-state index contributed by atoms with van der Waals surface area (Å²) >= 11 is 1.71. The van der Waals surface area contributed by atoms with Crippen molar-refractivity contribution in [1.29, 1.82) is 0 Å². The summed E-state index contributed by atoms with van der Waals surface area (Å²) in [7, 11) is 1.83. The first-order valence-corrected chi connectivity index (χ1v) is 7.36. The number of aromatic nitrogens is 2. The Morgan fingerprint density at radius 3 is 2.95 bits per heavy atom. The van der Waals surface area contributed by atoms with E-state index in [9.17, 15) is 0 Å². The Kier molecular flexibility index (Phi) is 3.56. The molecule has 5 nitrogen and oxygen atoms in total. The molecule has 3 aromatic rings. The molecular weight excluding hydrogens is 272 g/mol. The summed E-state index contributed by atoms with van der Waals surface area (Å²) in [6, 6.07) is 5.98. The number of thiophene rings is 1. The van der Waals surface area contributed by atoms with E-state index in [1.807, 2.05) is 19.2 Å². The maximum absolute atomic E-state index is 5.33. The van der Waals surface area contributed by atoms with Gasteiger partial charge in [-0.15, -0.1) is 11.3 Å². The Morgan fingerprint density at radius 2 is 2.25 bits per heavy atom. The molecule has 0 aliphatic carbocycles. The summed E-state index contributed by atoms with van der Waals surface area (Å²) in [6.45, 7) is 2.76. The minimum Gasteiger partial charge on any atom is -0.467 e. The highest BCUT2D eigenvalue weighted by molar-refractivity contribution is 7.18. The predicted molar refractivity (Wildman–Crippen MR) is 82.4 cm³/mol. The lowest BCUT2D eigenvalue weighted by Crippen LogP contribution is -2.04. The summed E-state index contributed by atoms with van der Waals surface area (Å²) < 4.78 is 5.33. The van der Waals surface area contributed by atoms with Crippen LogP contribution in [-0.4, -0.2) is 17.0 Å². The van der Waals surface area contributed by atoms with Crippen LogP contribution < -0.4 is 10.6 Å². The van der Waals surface area contributed by atoms with Crippen LogP contribution in [0.4, 0.5) is 11.8 Å². The van der Waals surface area contributed by atoms with Crippen LogP contribution >= 0.6 is 11.3 Å². The zero-order valence-electron chi connectivity index (χ0n) is 11.4. The van der Waals surface area contributed by atoms with Crippen LogP contribution in [0.2, 0.25) is 0 Å². The molecule has 0 radical (unpaired) electrons. The lowest BCUT2D eigenvalue weighted by molar-refractivity contribution is 0.518.